The number of hydrogen-bond donors (Lipinski definition) is 1. The summed E-state index contributed by atoms with van der Waals surface area (Å²) in [6, 6.07) is 2.54. The fourth-order valence-corrected chi connectivity index (χ4v) is 2.55. The number of aromatic nitrogens is 2. The SMILES string of the molecule is CCNC1CCN(Cc2ncccn2)CC1C. The third-order valence-electron chi connectivity index (χ3n) is 3.44. The fraction of sp³-hybridized carbons (Fsp3) is 0.692. The number of nitrogens with zero attached hydrogens (tertiary/aromatic N) is 3. The molecule has 0 spiro atoms. The molecule has 2 heterocycles. The largest absolute Gasteiger partial charge is 0.314 e. The predicted octanol–water partition coefficient (Wildman–Crippen LogP) is 1.30. The zero-order valence-corrected chi connectivity index (χ0v) is 10.8. The molecule has 17 heavy (non-hydrogen) atoms. The number of hydrogen-bond acceptors (Lipinski definition) is 4. The van der Waals surface area contributed by atoms with Crippen LogP contribution in [0.15, 0.2) is 18.5 Å². The van der Waals surface area contributed by atoms with Crippen molar-refractivity contribution in [3.8, 4) is 0 Å². The molecule has 1 saturated heterocycles. The first kappa shape index (κ1) is 12.5. The Bertz CT molecular complexity index is 327. The van der Waals surface area contributed by atoms with Gasteiger partial charge in [0.25, 0.3) is 0 Å². The van der Waals surface area contributed by atoms with E-state index in [-0.39, 0.29) is 0 Å². The molecule has 0 saturated carbocycles. The molecule has 2 atom stereocenters. The molecule has 1 aromatic rings. The third kappa shape index (κ3) is 3.48. The van der Waals surface area contributed by atoms with Gasteiger partial charge >= 0.3 is 0 Å². The van der Waals surface area contributed by atoms with Gasteiger partial charge in [-0.3, -0.25) is 4.90 Å². The normalized spacial score (nSPS) is 26.0. The summed E-state index contributed by atoms with van der Waals surface area (Å²) in [7, 11) is 0. The van der Waals surface area contributed by atoms with Crippen molar-refractivity contribution in [3.63, 3.8) is 0 Å². The van der Waals surface area contributed by atoms with Gasteiger partial charge in [-0.15, -0.1) is 0 Å². The molecule has 0 aliphatic carbocycles. The van der Waals surface area contributed by atoms with Crippen LogP contribution < -0.4 is 5.32 Å². The summed E-state index contributed by atoms with van der Waals surface area (Å²) in [4.78, 5) is 11.0. The molecule has 1 N–H and O–H groups in total. The van der Waals surface area contributed by atoms with Crippen LogP contribution in [0, 0.1) is 5.92 Å². The van der Waals surface area contributed by atoms with E-state index in [1.165, 1.54) is 6.42 Å². The molecule has 0 bridgehead atoms. The van der Waals surface area contributed by atoms with Crippen molar-refractivity contribution in [2.75, 3.05) is 19.6 Å². The molecular weight excluding hydrogens is 212 g/mol. The minimum absolute atomic E-state index is 0.674. The van der Waals surface area contributed by atoms with Gasteiger partial charge in [0.05, 0.1) is 6.54 Å². The van der Waals surface area contributed by atoms with Crippen LogP contribution in [0.4, 0.5) is 0 Å². The van der Waals surface area contributed by atoms with Crippen molar-refractivity contribution < 1.29 is 0 Å². The van der Waals surface area contributed by atoms with E-state index >= 15 is 0 Å². The van der Waals surface area contributed by atoms with Gasteiger partial charge in [-0.1, -0.05) is 13.8 Å². The van der Waals surface area contributed by atoms with Gasteiger partial charge < -0.3 is 5.32 Å². The summed E-state index contributed by atoms with van der Waals surface area (Å²) in [6.45, 7) is 8.72. The minimum Gasteiger partial charge on any atom is -0.314 e. The van der Waals surface area contributed by atoms with Gasteiger partial charge in [0.1, 0.15) is 5.82 Å². The number of likely N-dealkylation sites (tertiary alicyclic amines) is 1. The van der Waals surface area contributed by atoms with Gasteiger partial charge in [-0.25, -0.2) is 9.97 Å². The van der Waals surface area contributed by atoms with E-state index in [0.29, 0.717) is 12.0 Å². The molecule has 1 fully saturated rings. The highest BCUT2D eigenvalue weighted by molar-refractivity contribution is 4.90. The van der Waals surface area contributed by atoms with Gasteiger partial charge in [0.2, 0.25) is 0 Å². The highest BCUT2D eigenvalue weighted by atomic mass is 15.2. The summed E-state index contributed by atoms with van der Waals surface area (Å²) < 4.78 is 0. The number of rotatable bonds is 4. The smallest absolute Gasteiger partial charge is 0.142 e. The molecule has 1 aromatic heterocycles. The van der Waals surface area contributed by atoms with Crippen molar-refractivity contribution in [2.24, 2.45) is 5.92 Å². The van der Waals surface area contributed by atoms with E-state index in [9.17, 15) is 0 Å². The maximum Gasteiger partial charge on any atom is 0.142 e. The second-order valence-corrected chi connectivity index (χ2v) is 4.83. The van der Waals surface area contributed by atoms with Crippen molar-refractivity contribution in [2.45, 2.75) is 32.9 Å². The van der Waals surface area contributed by atoms with Crippen LogP contribution in [-0.4, -0.2) is 40.5 Å². The van der Waals surface area contributed by atoms with Crippen LogP contribution in [0.1, 0.15) is 26.1 Å². The van der Waals surface area contributed by atoms with Crippen molar-refractivity contribution >= 4 is 0 Å². The lowest BCUT2D eigenvalue weighted by Gasteiger charge is -2.36. The Morgan fingerprint density at radius 1 is 1.41 bits per heavy atom. The van der Waals surface area contributed by atoms with Gasteiger partial charge in [0, 0.05) is 31.5 Å². The summed E-state index contributed by atoms with van der Waals surface area (Å²) in [5.74, 6) is 1.63. The molecular formula is C13H22N4. The first-order chi connectivity index (χ1) is 8.29. The van der Waals surface area contributed by atoms with Crippen molar-refractivity contribution in [3.05, 3.63) is 24.3 Å². The minimum atomic E-state index is 0.674. The van der Waals surface area contributed by atoms with Crippen LogP contribution in [0.3, 0.4) is 0 Å². The van der Waals surface area contributed by atoms with Gasteiger partial charge in [-0.2, -0.15) is 0 Å². The maximum absolute atomic E-state index is 4.28. The molecule has 0 aromatic carbocycles. The number of nitrogens with one attached hydrogen (secondary N) is 1. The summed E-state index contributed by atoms with van der Waals surface area (Å²) in [5, 5.41) is 3.56. The lowest BCUT2D eigenvalue weighted by Crippen LogP contribution is -2.48. The third-order valence-corrected chi connectivity index (χ3v) is 3.44. The Kier molecular flexibility index (Phi) is 4.45. The Labute approximate surface area is 103 Å². The topological polar surface area (TPSA) is 41.0 Å². The lowest BCUT2D eigenvalue weighted by molar-refractivity contribution is 0.139. The molecule has 4 heteroatoms. The second-order valence-electron chi connectivity index (χ2n) is 4.83. The molecule has 0 amide bonds. The van der Waals surface area contributed by atoms with E-state index in [4.69, 9.17) is 0 Å². The van der Waals surface area contributed by atoms with E-state index in [1.54, 1.807) is 0 Å². The molecule has 0 radical (unpaired) electrons. The maximum atomic E-state index is 4.28. The van der Waals surface area contributed by atoms with Gasteiger partial charge in [0.15, 0.2) is 0 Å². The van der Waals surface area contributed by atoms with E-state index < -0.39 is 0 Å². The summed E-state index contributed by atoms with van der Waals surface area (Å²) in [5.41, 5.74) is 0. The van der Waals surface area contributed by atoms with Crippen molar-refractivity contribution in [1.29, 1.82) is 0 Å². The van der Waals surface area contributed by atoms with E-state index in [2.05, 4.69) is 34.0 Å². The highest BCUT2D eigenvalue weighted by Crippen LogP contribution is 2.17. The first-order valence-electron chi connectivity index (χ1n) is 6.51. The standard InChI is InChI=1S/C13H22N4/c1-3-14-12-5-8-17(9-11(12)2)10-13-15-6-4-7-16-13/h4,6-7,11-12,14H,3,5,8-10H2,1-2H3. The quantitative estimate of drug-likeness (QED) is 0.852. The monoisotopic (exact) mass is 234 g/mol. The fourth-order valence-electron chi connectivity index (χ4n) is 2.55. The average molecular weight is 234 g/mol. The van der Waals surface area contributed by atoms with Crippen molar-refractivity contribution in [1.82, 2.24) is 20.2 Å². The average Bonchev–Trinajstić information content (AvgIpc) is 2.34. The van der Waals surface area contributed by atoms with Crippen LogP contribution in [0.5, 0.6) is 0 Å². The predicted molar refractivity (Wildman–Crippen MR) is 68.6 cm³/mol. The summed E-state index contributed by atoms with van der Waals surface area (Å²) >= 11 is 0. The van der Waals surface area contributed by atoms with Gasteiger partial charge in [-0.05, 0) is 24.9 Å². The lowest BCUT2D eigenvalue weighted by atomic mass is 9.94. The molecule has 2 unspecified atom stereocenters. The van der Waals surface area contributed by atoms with E-state index in [1.807, 2.05) is 18.5 Å². The summed E-state index contributed by atoms with van der Waals surface area (Å²) in [6.07, 6.45) is 4.86. The Balaban J connectivity index is 1.85. The van der Waals surface area contributed by atoms with E-state index in [0.717, 1.165) is 32.0 Å². The highest BCUT2D eigenvalue weighted by Gasteiger charge is 2.25. The first-order valence-corrected chi connectivity index (χ1v) is 6.51. The molecule has 4 nitrogen and oxygen atoms in total. The zero-order valence-electron chi connectivity index (χ0n) is 10.8. The van der Waals surface area contributed by atoms with Crippen LogP contribution >= 0.6 is 0 Å². The number of piperidine rings is 1. The van der Waals surface area contributed by atoms with Crippen LogP contribution in [0.25, 0.3) is 0 Å². The van der Waals surface area contributed by atoms with Crippen LogP contribution in [-0.2, 0) is 6.54 Å². The second kappa shape index (κ2) is 6.07. The molecule has 1 aliphatic rings. The molecule has 2 rings (SSSR count). The Morgan fingerprint density at radius 2 is 2.18 bits per heavy atom. The Hall–Kier alpha value is -1.00. The zero-order chi connectivity index (χ0) is 12.1. The molecule has 94 valence electrons. The molecule has 1 aliphatic heterocycles. The Morgan fingerprint density at radius 3 is 2.82 bits per heavy atom. The van der Waals surface area contributed by atoms with Crippen LogP contribution in [0.2, 0.25) is 0 Å².